The number of hydrogen-bond donors (Lipinski definition) is 1. The number of hydrogen-bond acceptors (Lipinski definition) is 8. The Morgan fingerprint density at radius 2 is 2.06 bits per heavy atom. The molecule has 10 nitrogen and oxygen atoms in total. The molecule has 0 radical (unpaired) electrons. The van der Waals surface area contributed by atoms with Crippen LogP contribution < -0.4 is 5.56 Å². The lowest BCUT2D eigenvalue weighted by Gasteiger charge is -2.29. The number of aryl methyl sites for hydroxylation is 2. The molecule has 0 aliphatic carbocycles. The molecule has 3 aromatic heterocycles. The van der Waals surface area contributed by atoms with Gasteiger partial charge in [-0.15, -0.1) is 5.10 Å². The van der Waals surface area contributed by atoms with E-state index in [2.05, 4.69) is 37.5 Å². The zero-order chi connectivity index (χ0) is 24.9. The highest BCUT2D eigenvalue weighted by Crippen LogP contribution is 2.27. The first-order chi connectivity index (χ1) is 16.9. The van der Waals surface area contributed by atoms with Crippen molar-refractivity contribution in [1.82, 2.24) is 30.1 Å². The molecule has 0 saturated carbocycles. The van der Waals surface area contributed by atoms with E-state index in [0.29, 0.717) is 30.9 Å². The van der Waals surface area contributed by atoms with Gasteiger partial charge >= 0.3 is 5.97 Å². The Labute approximate surface area is 202 Å². The molecule has 1 N–H and O–H groups in total. The number of benzene rings is 1. The fraction of sp³-hybridized carbons (Fsp3) is 0.400. The number of H-pyrrole nitrogens is 1. The lowest BCUT2D eigenvalue weighted by molar-refractivity contribution is -0.144. The number of nitrogens with one attached hydrogen (secondary N) is 1. The van der Waals surface area contributed by atoms with Crippen LogP contribution in [0, 0.1) is 13.8 Å². The van der Waals surface area contributed by atoms with Crippen LogP contribution in [0.15, 0.2) is 45.8 Å². The lowest BCUT2D eigenvalue weighted by Crippen LogP contribution is -2.33. The lowest BCUT2D eigenvalue weighted by atomic mass is 10.0. The van der Waals surface area contributed by atoms with Gasteiger partial charge in [0, 0.05) is 12.1 Å². The first-order valence-corrected chi connectivity index (χ1v) is 11.7. The van der Waals surface area contributed by atoms with Gasteiger partial charge in [-0.3, -0.25) is 14.5 Å². The third-order valence-electron chi connectivity index (χ3n) is 5.95. The summed E-state index contributed by atoms with van der Waals surface area (Å²) >= 11 is 0. The molecular formula is C25H30N6O4. The standard InChI is InChI=1S/C25H30N6O4/c1-5-21(24-27-28-29-31(24)15-22(32)34-6-2)30(14-20-8-7-9-35-20)13-19-12-18-11-16(3)10-17(4)23(18)26-25(19)33/h7-12,21H,5-6,13-15H2,1-4H3,(H,26,33). The van der Waals surface area contributed by atoms with Crippen molar-refractivity contribution in [2.45, 2.75) is 59.8 Å². The van der Waals surface area contributed by atoms with Crippen LogP contribution in [0.25, 0.3) is 10.9 Å². The predicted octanol–water partition coefficient (Wildman–Crippen LogP) is 3.44. The summed E-state index contributed by atoms with van der Waals surface area (Å²) in [6, 6.07) is 9.50. The Morgan fingerprint density at radius 1 is 1.23 bits per heavy atom. The number of fused-ring (bicyclic) bond motifs is 1. The fourth-order valence-corrected chi connectivity index (χ4v) is 4.44. The second-order valence-corrected chi connectivity index (χ2v) is 8.58. The van der Waals surface area contributed by atoms with Crippen molar-refractivity contribution in [3.63, 3.8) is 0 Å². The van der Waals surface area contributed by atoms with E-state index in [1.54, 1.807) is 13.2 Å². The number of nitrogens with zero attached hydrogens (tertiary/aromatic N) is 5. The molecular weight excluding hydrogens is 448 g/mol. The number of aromatic amines is 1. The highest BCUT2D eigenvalue weighted by Gasteiger charge is 2.27. The molecule has 1 unspecified atom stereocenters. The van der Waals surface area contributed by atoms with Gasteiger partial charge in [0.15, 0.2) is 5.82 Å². The van der Waals surface area contributed by atoms with Crippen molar-refractivity contribution < 1.29 is 13.9 Å². The molecule has 35 heavy (non-hydrogen) atoms. The number of furan rings is 1. The van der Waals surface area contributed by atoms with Gasteiger partial charge in [0.2, 0.25) is 0 Å². The second kappa shape index (κ2) is 10.6. The van der Waals surface area contributed by atoms with Crippen LogP contribution in [0.1, 0.15) is 54.6 Å². The fourth-order valence-electron chi connectivity index (χ4n) is 4.44. The number of tetrazole rings is 1. The number of pyridine rings is 1. The SMILES string of the molecule is CCOC(=O)Cn1nnnc1C(CC)N(Cc1ccco1)Cc1cc2cc(C)cc(C)c2[nH]c1=O. The molecule has 10 heteroatoms. The van der Waals surface area contributed by atoms with Gasteiger partial charge in [-0.05, 0) is 72.8 Å². The summed E-state index contributed by atoms with van der Waals surface area (Å²) in [5.41, 5.74) is 3.48. The molecule has 1 atom stereocenters. The maximum Gasteiger partial charge on any atom is 0.327 e. The van der Waals surface area contributed by atoms with E-state index >= 15 is 0 Å². The summed E-state index contributed by atoms with van der Waals surface area (Å²) in [5, 5.41) is 13.0. The second-order valence-electron chi connectivity index (χ2n) is 8.58. The van der Waals surface area contributed by atoms with Crippen LogP contribution in [-0.2, 0) is 29.2 Å². The van der Waals surface area contributed by atoms with E-state index in [4.69, 9.17) is 9.15 Å². The normalized spacial score (nSPS) is 12.4. The molecule has 0 bridgehead atoms. The van der Waals surface area contributed by atoms with Crippen molar-refractivity contribution in [2.75, 3.05) is 6.61 Å². The van der Waals surface area contributed by atoms with Gasteiger partial charge in [0.25, 0.3) is 5.56 Å². The molecule has 0 saturated heterocycles. The number of carbonyl (C=O) groups is 1. The van der Waals surface area contributed by atoms with Gasteiger partial charge in [-0.2, -0.15) is 0 Å². The van der Waals surface area contributed by atoms with Gasteiger partial charge < -0.3 is 14.1 Å². The maximum atomic E-state index is 13.1. The van der Waals surface area contributed by atoms with Crippen LogP contribution in [0.5, 0.6) is 0 Å². The summed E-state index contributed by atoms with van der Waals surface area (Å²) in [6.45, 7) is 8.76. The third kappa shape index (κ3) is 5.48. The van der Waals surface area contributed by atoms with Gasteiger partial charge in [-0.25, -0.2) is 4.68 Å². The van der Waals surface area contributed by atoms with Crippen LogP contribution in [0.3, 0.4) is 0 Å². The Hall–Kier alpha value is -3.79. The summed E-state index contributed by atoms with van der Waals surface area (Å²) in [4.78, 5) is 30.3. The molecule has 4 rings (SSSR count). The van der Waals surface area contributed by atoms with E-state index in [1.807, 2.05) is 39.0 Å². The zero-order valence-corrected chi connectivity index (χ0v) is 20.4. The monoisotopic (exact) mass is 478 g/mol. The van der Waals surface area contributed by atoms with Gasteiger partial charge in [0.1, 0.15) is 12.3 Å². The van der Waals surface area contributed by atoms with E-state index in [0.717, 1.165) is 27.8 Å². The number of rotatable bonds is 10. The average molecular weight is 479 g/mol. The van der Waals surface area contributed by atoms with Crippen molar-refractivity contribution >= 4 is 16.9 Å². The molecule has 0 fully saturated rings. The molecule has 0 amide bonds. The highest BCUT2D eigenvalue weighted by atomic mass is 16.5. The maximum absolute atomic E-state index is 13.1. The van der Waals surface area contributed by atoms with Crippen LogP contribution in [0.4, 0.5) is 0 Å². The number of esters is 1. The Morgan fingerprint density at radius 3 is 2.77 bits per heavy atom. The van der Waals surface area contributed by atoms with E-state index in [-0.39, 0.29) is 24.8 Å². The quantitative estimate of drug-likeness (QED) is 0.344. The molecule has 0 aliphatic heterocycles. The Balaban J connectivity index is 1.71. The number of aromatic nitrogens is 5. The highest BCUT2D eigenvalue weighted by molar-refractivity contribution is 5.82. The van der Waals surface area contributed by atoms with Crippen molar-refractivity contribution in [1.29, 1.82) is 0 Å². The summed E-state index contributed by atoms with van der Waals surface area (Å²) in [7, 11) is 0. The minimum atomic E-state index is -0.412. The summed E-state index contributed by atoms with van der Waals surface area (Å²) in [5.74, 6) is 0.859. The molecule has 0 aliphatic rings. The number of carbonyl (C=O) groups excluding carboxylic acids is 1. The Kier molecular flexibility index (Phi) is 7.40. The topological polar surface area (TPSA) is 119 Å². The predicted molar refractivity (Wildman–Crippen MR) is 129 cm³/mol. The minimum absolute atomic E-state index is 0.0869. The van der Waals surface area contributed by atoms with Gasteiger partial charge in [0.05, 0.1) is 31.0 Å². The largest absolute Gasteiger partial charge is 0.468 e. The molecule has 3 heterocycles. The van der Waals surface area contributed by atoms with Crippen LogP contribution >= 0.6 is 0 Å². The molecule has 4 aromatic rings. The first-order valence-electron chi connectivity index (χ1n) is 11.7. The van der Waals surface area contributed by atoms with E-state index in [1.165, 1.54) is 4.68 Å². The molecule has 184 valence electrons. The van der Waals surface area contributed by atoms with Crippen molar-refractivity contribution in [2.24, 2.45) is 0 Å². The average Bonchev–Trinajstić information content (AvgIpc) is 3.48. The number of ether oxygens (including phenoxy) is 1. The smallest absolute Gasteiger partial charge is 0.327 e. The summed E-state index contributed by atoms with van der Waals surface area (Å²) < 4.78 is 12.1. The third-order valence-corrected chi connectivity index (χ3v) is 5.95. The zero-order valence-electron chi connectivity index (χ0n) is 20.4. The van der Waals surface area contributed by atoms with Crippen LogP contribution in [-0.4, -0.2) is 42.7 Å². The molecule has 0 spiro atoms. The first kappa shape index (κ1) is 24.3. The van der Waals surface area contributed by atoms with Crippen LogP contribution in [0.2, 0.25) is 0 Å². The Bertz CT molecular complexity index is 1360. The summed E-state index contributed by atoms with van der Waals surface area (Å²) in [6.07, 6.45) is 2.27. The molecule has 1 aromatic carbocycles. The van der Waals surface area contributed by atoms with Gasteiger partial charge in [-0.1, -0.05) is 18.6 Å². The van der Waals surface area contributed by atoms with Crippen molar-refractivity contribution in [3.05, 3.63) is 75.2 Å². The van der Waals surface area contributed by atoms with E-state index < -0.39 is 5.97 Å². The minimum Gasteiger partial charge on any atom is -0.468 e. The van der Waals surface area contributed by atoms with Crippen molar-refractivity contribution in [3.8, 4) is 0 Å². The van der Waals surface area contributed by atoms with E-state index in [9.17, 15) is 9.59 Å².